The fraction of sp³-hybridized carbons (Fsp3) is 0.125. The molecule has 0 saturated carbocycles. The topological polar surface area (TPSA) is 70.0 Å². The molecule has 7 heteroatoms. The Bertz CT molecular complexity index is 510. The second kappa shape index (κ2) is 4.76. The van der Waals surface area contributed by atoms with Gasteiger partial charge in [0.2, 0.25) is 10.0 Å². The van der Waals surface area contributed by atoms with Crippen LogP contribution < -0.4 is 4.72 Å². The number of nitriles is 1. The quantitative estimate of drug-likeness (QED) is 0.852. The van der Waals surface area contributed by atoms with Gasteiger partial charge in [-0.05, 0) is 40.8 Å². The van der Waals surface area contributed by atoms with Gasteiger partial charge in [0.05, 0.1) is 11.8 Å². The van der Waals surface area contributed by atoms with E-state index in [4.69, 9.17) is 5.26 Å². The normalized spacial score (nSPS) is 10.7. The summed E-state index contributed by atoms with van der Waals surface area (Å²) in [5.74, 6) is -1.07. The maximum Gasteiger partial charge on any atom is 0.246 e. The summed E-state index contributed by atoms with van der Waals surface area (Å²) in [6.45, 7) is 0. The molecule has 1 rings (SSSR count). The molecule has 0 amide bonds. The third-order valence-electron chi connectivity index (χ3n) is 1.45. The molecule has 0 spiro atoms. The number of nitrogens with zero attached hydrogens (tertiary/aromatic N) is 1. The molecule has 0 aliphatic rings. The number of hydrogen-bond acceptors (Lipinski definition) is 3. The lowest BCUT2D eigenvalue weighted by Gasteiger charge is -2.06. The first kappa shape index (κ1) is 12.2. The number of benzene rings is 1. The first-order valence-electron chi connectivity index (χ1n) is 3.77. The Kier molecular flexibility index (Phi) is 3.87. The van der Waals surface area contributed by atoms with Crippen molar-refractivity contribution in [1.82, 2.24) is 0 Å². The Morgan fingerprint density at radius 3 is 2.73 bits per heavy atom. The molecular formula is C8H6FIN2O2S. The molecule has 1 N–H and O–H groups in total. The molecule has 0 radical (unpaired) electrons. The Labute approximate surface area is 100 Å². The number of anilines is 1. The number of rotatable bonds is 3. The predicted octanol–water partition coefficient (Wildman–Crippen LogP) is 1.70. The minimum Gasteiger partial charge on any atom is -0.282 e. The highest BCUT2D eigenvalue weighted by molar-refractivity contribution is 14.1. The van der Waals surface area contributed by atoms with Crippen LogP contribution in [0.5, 0.6) is 0 Å². The lowest BCUT2D eigenvalue weighted by atomic mass is 10.3. The summed E-state index contributed by atoms with van der Waals surface area (Å²) in [5, 5.41) is 8.26. The molecule has 0 atom stereocenters. The molecule has 1 aromatic carbocycles. The molecule has 4 nitrogen and oxygen atoms in total. The molecule has 0 aliphatic carbocycles. The van der Waals surface area contributed by atoms with E-state index in [2.05, 4.69) is 4.72 Å². The van der Waals surface area contributed by atoms with Crippen LogP contribution in [0.1, 0.15) is 0 Å². The second-order valence-corrected chi connectivity index (χ2v) is 5.53. The van der Waals surface area contributed by atoms with E-state index in [0.29, 0.717) is 3.57 Å². The monoisotopic (exact) mass is 340 g/mol. The maximum atomic E-state index is 12.7. The van der Waals surface area contributed by atoms with Crippen LogP contribution in [0.4, 0.5) is 10.1 Å². The van der Waals surface area contributed by atoms with Crippen molar-refractivity contribution in [3.8, 4) is 6.07 Å². The number of halogens is 2. The number of hydrogen-bond donors (Lipinski definition) is 1. The summed E-state index contributed by atoms with van der Waals surface area (Å²) in [6.07, 6.45) is 0. The zero-order valence-corrected chi connectivity index (χ0v) is 10.3. The molecule has 1 aromatic rings. The van der Waals surface area contributed by atoms with Gasteiger partial charge in [0.15, 0.2) is 5.75 Å². The standard InChI is InChI=1S/C8H6FIN2O2S/c9-6-1-2-8(7(10)5-6)12-15(13,14)4-3-11/h1-2,5,12H,4H2. The average molecular weight is 340 g/mol. The zero-order chi connectivity index (χ0) is 11.5. The van der Waals surface area contributed by atoms with E-state index >= 15 is 0 Å². The van der Waals surface area contributed by atoms with Crippen LogP contribution in [0.2, 0.25) is 0 Å². The fourth-order valence-corrected chi connectivity index (χ4v) is 2.41. The maximum absolute atomic E-state index is 12.7. The van der Waals surface area contributed by atoms with E-state index in [1.54, 1.807) is 22.6 Å². The van der Waals surface area contributed by atoms with Crippen LogP contribution in [0.3, 0.4) is 0 Å². The van der Waals surface area contributed by atoms with Crippen molar-refractivity contribution in [3.05, 3.63) is 27.6 Å². The summed E-state index contributed by atoms with van der Waals surface area (Å²) in [6, 6.07) is 5.19. The molecule has 0 saturated heterocycles. The highest BCUT2D eigenvalue weighted by Crippen LogP contribution is 2.20. The highest BCUT2D eigenvalue weighted by atomic mass is 127. The average Bonchev–Trinajstić information content (AvgIpc) is 2.09. The Balaban J connectivity index is 2.96. The molecule has 0 fully saturated rings. The van der Waals surface area contributed by atoms with Gasteiger partial charge < -0.3 is 0 Å². The summed E-state index contributed by atoms with van der Waals surface area (Å²) in [5.41, 5.74) is 0.271. The Hall–Kier alpha value is -0.880. The fourth-order valence-electron chi connectivity index (χ4n) is 0.861. The first-order chi connectivity index (χ1) is 6.94. The zero-order valence-electron chi connectivity index (χ0n) is 7.37. The van der Waals surface area contributed by atoms with Crippen LogP contribution in [-0.2, 0) is 10.0 Å². The molecule has 15 heavy (non-hydrogen) atoms. The molecular weight excluding hydrogens is 334 g/mol. The molecule has 0 unspecified atom stereocenters. The number of nitrogens with one attached hydrogen (secondary N) is 1. The first-order valence-corrected chi connectivity index (χ1v) is 6.50. The lowest BCUT2D eigenvalue weighted by molar-refractivity contribution is 0.604. The van der Waals surface area contributed by atoms with Crippen LogP contribution in [-0.4, -0.2) is 14.2 Å². The van der Waals surface area contributed by atoms with Gasteiger partial charge in [0, 0.05) is 3.57 Å². The molecule has 0 heterocycles. The van der Waals surface area contributed by atoms with Crippen molar-refractivity contribution in [1.29, 1.82) is 5.26 Å². The van der Waals surface area contributed by atoms with Crippen LogP contribution in [0, 0.1) is 20.7 Å². The van der Waals surface area contributed by atoms with Crippen LogP contribution >= 0.6 is 22.6 Å². The summed E-state index contributed by atoms with van der Waals surface area (Å²) >= 11 is 1.80. The van der Waals surface area contributed by atoms with Gasteiger partial charge in [0.1, 0.15) is 5.82 Å². The Morgan fingerprint density at radius 1 is 1.53 bits per heavy atom. The van der Waals surface area contributed by atoms with Crippen molar-refractivity contribution in [2.24, 2.45) is 0 Å². The summed E-state index contributed by atoms with van der Waals surface area (Å²) in [7, 11) is -3.66. The van der Waals surface area contributed by atoms with Crippen LogP contribution in [0.15, 0.2) is 18.2 Å². The smallest absolute Gasteiger partial charge is 0.246 e. The van der Waals surface area contributed by atoms with Crippen molar-refractivity contribution in [3.63, 3.8) is 0 Å². The third-order valence-corrected chi connectivity index (χ3v) is 3.38. The van der Waals surface area contributed by atoms with Crippen molar-refractivity contribution < 1.29 is 12.8 Å². The van der Waals surface area contributed by atoms with E-state index in [-0.39, 0.29) is 5.69 Å². The minimum absolute atomic E-state index is 0.271. The predicted molar refractivity (Wildman–Crippen MR) is 62.1 cm³/mol. The van der Waals surface area contributed by atoms with Gasteiger partial charge in [-0.1, -0.05) is 0 Å². The molecule has 0 aromatic heterocycles. The molecule has 0 aliphatic heterocycles. The largest absolute Gasteiger partial charge is 0.282 e. The highest BCUT2D eigenvalue weighted by Gasteiger charge is 2.11. The minimum atomic E-state index is -3.66. The second-order valence-electron chi connectivity index (χ2n) is 2.64. The van der Waals surface area contributed by atoms with Gasteiger partial charge in [-0.3, -0.25) is 4.72 Å². The summed E-state index contributed by atoms with van der Waals surface area (Å²) < 4.78 is 37.7. The van der Waals surface area contributed by atoms with Gasteiger partial charge in [-0.15, -0.1) is 0 Å². The van der Waals surface area contributed by atoms with E-state index in [1.807, 2.05) is 0 Å². The SMILES string of the molecule is N#CCS(=O)(=O)Nc1ccc(F)cc1I. The van der Waals surface area contributed by atoms with Crippen LogP contribution in [0.25, 0.3) is 0 Å². The molecule has 0 bridgehead atoms. The van der Waals surface area contributed by atoms with E-state index in [1.165, 1.54) is 18.2 Å². The summed E-state index contributed by atoms with van der Waals surface area (Å²) in [4.78, 5) is 0. The van der Waals surface area contributed by atoms with Crippen molar-refractivity contribution in [2.45, 2.75) is 0 Å². The van der Waals surface area contributed by atoms with Crippen molar-refractivity contribution >= 4 is 38.3 Å². The Morgan fingerprint density at radius 2 is 2.20 bits per heavy atom. The van der Waals surface area contributed by atoms with E-state index in [9.17, 15) is 12.8 Å². The van der Waals surface area contributed by atoms with Gasteiger partial charge in [-0.25, -0.2) is 12.8 Å². The van der Waals surface area contributed by atoms with E-state index in [0.717, 1.165) is 6.07 Å². The third kappa shape index (κ3) is 3.64. The van der Waals surface area contributed by atoms with Gasteiger partial charge in [0.25, 0.3) is 0 Å². The number of sulfonamides is 1. The van der Waals surface area contributed by atoms with Crippen molar-refractivity contribution in [2.75, 3.05) is 10.5 Å². The van der Waals surface area contributed by atoms with Gasteiger partial charge >= 0.3 is 0 Å². The molecule has 80 valence electrons. The van der Waals surface area contributed by atoms with Gasteiger partial charge in [-0.2, -0.15) is 5.26 Å². The lowest BCUT2D eigenvalue weighted by Crippen LogP contribution is -2.16. The van der Waals surface area contributed by atoms with E-state index < -0.39 is 21.6 Å².